The number of hydrogen-bond acceptors (Lipinski definition) is 5. The van der Waals surface area contributed by atoms with Gasteiger partial charge in [0, 0.05) is 28.2 Å². The van der Waals surface area contributed by atoms with E-state index in [2.05, 4.69) is 15.3 Å². The lowest BCUT2D eigenvalue weighted by Crippen LogP contribution is -2.12. The summed E-state index contributed by atoms with van der Waals surface area (Å²) >= 11 is 2.96. The van der Waals surface area contributed by atoms with E-state index in [1.165, 1.54) is 11.3 Å². The van der Waals surface area contributed by atoms with E-state index in [0.29, 0.717) is 10.8 Å². The molecule has 0 bridgehead atoms. The molecule has 4 aromatic rings. The number of carbonyl (C=O) groups excluding carboxylic acids is 1. The van der Waals surface area contributed by atoms with Gasteiger partial charge in [-0.05, 0) is 6.92 Å². The number of aromatic nitrogens is 3. The number of aryl methyl sites for hydroxylation is 1. The lowest BCUT2D eigenvalue weighted by molar-refractivity contribution is 0.102. The molecule has 0 radical (unpaired) electrons. The molecule has 0 aliphatic rings. The summed E-state index contributed by atoms with van der Waals surface area (Å²) in [6.07, 6.45) is 3.70. The zero-order valence-corrected chi connectivity index (χ0v) is 13.8. The largest absolute Gasteiger partial charge is 0.297 e. The Morgan fingerprint density at radius 2 is 2.00 bits per heavy atom. The maximum absolute atomic E-state index is 12.3. The smallest absolute Gasteiger partial charge is 0.277 e. The molecular formula is C16H12N4OS2. The Morgan fingerprint density at radius 1 is 1.17 bits per heavy atom. The minimum absolute atomic E-state index is 0.243. The predicted octanol–water partition coefficient (Wildman–Crippen LogP) is 4.08. The van der Waals surface area contributed by atoms with Crippen LogP contribution in [0.3, 0.4) is 0 Å². The maximum atomic E-state index is 12.3. The van der Waals surface area contributed by atoms with Gasteiger partial charge in [0.2, 0.25) is 0 Å². The Bertz CT molecular complexity index is 953. The second kappa shape index (κ2) is 5.60. The molecule has 0 aliphatic carbocycles. The van der Waals surface area contributed by atoms with Crippen molar-refractivity contribution in [2.75, 3.05) is 5.32 Å². The van der Waals surface area contributed by atoms with Crippen LogP contribution in [0.1, 0.15) is 15.4 Å². The van der Waals surface area contributed by atoms with Crippen LogP contribution in [-0.2, 0) is 0 Å². The van der Waals surface area contributed by atoms with Crippen LogP contribution >= 0.6 is 22.7 Å². The molecule has 3 heterocycles. The summed E-state index contributed by atoms with van der Waals surface area (Å²) in [6, 6.07) is 9.88. The fourth-order valence-electron chi connectivity index (χ4n) is 2.25. The van der Waals surface area contributed by atoms with Gasteiger partial charge in [-0.3, -0.25) is 14.5 Å². The Kier molecular flexibility index (Phi) is 3.44. The second-order valence-corrected chi connectivity index (χ2v) is 7.09. The van der Waals surface area contributed by atoms with Gasteiger partial charge < -0.3 is 0 Å². The molecule has 0 saturated heterocycles. The van der Waals surface area contributed by atoms with E-state index in [4.69, 9.17) is 0 Å². The van der Waals surface area contributed by atoms with E-state index in [9.17, 15) is 4.79 Å². The number of nitrogens with one attached hydrogen (secondary N) is 1. The van der Waals surface area contributed by atoms with E-state index in [0.717, 1.165) is 21.1 Å². The molecule has 0 saturated carbocycles. The van der Waals surface area contributed by atoms with Crippen LogP contribution in [0, 0.1) is 6.92 Å². The van der Waals surface area contributed by atoms with Crippen LogP contribution in [0.5, 0.6) is 0 Å². The number of thiazole rings is 2. The summed E-state index contributed by atoms with van der Waals surface area (Å²) in [6.45, 7) is 2.01. The van der Waals surface area contributed by atoms with Crippen LogP contribution < -0.4 is 5.32 Å². The van der Waals surface area contributed by atoms with Crippen molar-refractivity contribution < 1.29 is 4.79 Å². The van der Waals surface area contributed by atoms with Crippen molar-refractivity contribution in [2.24, 2.45) is 0 Å². The zero-order chi connectivity index (χ0) is 15.8. The lowest BCUT2D eigenvalue weighted by Gasteiger charge is -1.98. The quantitative estimate of drug-likeness (QED) is 0.611. The molecule has 1 aromatic carbocycles. The summed E-state index contributed by atoms with van der Waals surface area (Å²) in [4.78, 5) is 23.1. The van der Waals surface area contributed by atoms with Crippen molar-refractivity contribution in [1.29, 1.82) is 0 Å². The van der Waals surface area contributed by atoms with Gasteiger partial charge in [-0.1, -0.05) is 30.3 Å². The van der Waals surface area contributed by atoms with Gasteiger partial charge >= 0.3 is 0 Å². The molecule has 0 spiro atoms. The third-order valence-electron chi connectivity index (χ3n) is 3.30. The van der Waals surface area contributed by atoms with Gasteiger partial charge in [-0.15, -0.1) is 22.7 Å². The molecule has 4 rings (SSSR count). The van der Waals surface area contributed by atoms with Crippen LogP contribution in [-0.4, -0.2) is 20.3 Å². The monoisotopic (exact) mass is 340 g/mol. The Hall–Kier alpha value is -2.51. The minimum atomic E-state index is -0.243. The molecule has 7 heteroatoms. The Labute approximate surface area is 140 Å². The first-order chi connectivity index (χ1) is 11.2. The molecule has 114 valence electrons. The van der Waals surface area contributed by atoms with E-state index in [1.54, 1.807) is 17.5 Å². The topological polar surface area (TPSA) is 59.3 Å². The molecule has 23 heavy (non-hydrogen) atoms. The molecular weight excluding hydrogens is 328 g/mol. The number of benzene rings is 1. The zero-order valence-electron chi connectivity index (χ0n) is 12.2. The average molecular weight is 340 g/mol. The first-order valence-electron chi connectivity index (χ1n) is 6.96. The van der Waals surface area contributed by atoms with Crippen LogP contribution in [0.15, 0.2) is 48.1 Å². The number of anilines is 1. The van der Waals surface area contributed by atoms with Crippen LogP contribution in [0.4, 0.5) is 5.13 Å². The predicted molar refractivity (Wildman–Crippen MR) is 93.3 cm³/mol. The fraction of sp³-hybridized carbons (Fsp3) is 0.0625. The standard InChI is InChI=1S/C16H12N4OS2/c1-10-7-20-8-12(18-16(20)23-10)14(21)19-15-17-13(9-22-15)11-5-3-2-4-6-11/h2-9H,1H3,(H,17,19,21). The van der Waals surface area contributed by atoms with Crippen LogP contribution in [0.2, 0.25) is 0 Å². The van der Waals surface area contributed by atoms with E-state index < -0.39 is 0 Å². The number of carbonyl (C=O) groups is 1. The van der Waals surface area contributed by atoms with Gasteiger partial charge in [-0.2, -0.15) is 0 Å². The average Bonchev–Trinajstić information content (AvgIpc) is 3.22. The number of amides is 1. The van der Waals surface area contributed by atoms with Gasteiger partial charge in [0.25, 0.3) is 5.91 Å². The highest BCUT2D eigenvalue weighted by Crippen LogP contribution is 2.25. The van der Waals surface area contributed by atoms with E-state index in [-0.39, 0.29) is 5.91 Å². The Morgan fingerprint density at radius 3 is 2.78 bits per heavy atom. The lowest BCUT2D eigenvalue weighted by atomic mass is 10.2. The second-order valence-electron chi connectivity index (χ2n) is 5.02. The van der Waals surface area contributed by atoms with Crippen molar-refractivity contribution in [3.05, 3.63) is 58.7 Å². The van der Waals surface area contributed by atoms with Gasteiger partial charge in [-0.25, -0.2) is 9.97 Å². The number of hydrogen-bond donors (Lipinski definition) is 1. The maximum Gasteiger partial charge on any atom is 0.277 e. The van der Waals surface area contributed by atoms with Crippen molar-refractivity contribution in [3.8, 4) is 11.3 Å². The van der Waals surface area contributed by atoms with Crippen molar-refractivity contribution in [2.45, 2.75) is 6.92 Å². The van der Waals surface area contributed by atoms with Crippen LogP contribution in [0.25, 0.3) is 16.2 Å². The summed E-state index contributed by atoms with van der Waals surface area (Å²) < 4.78 is 1.87. The van der Waals surface area contributed by atoms with Crippen molar-refractivity contribution in [1.82, 2.24) is 14.4 Å². The van der Waals surface area contributed by atoms with Crippen molar-refractivity contribution in [3.63, 3.8) is 0 Å². The summed E-state index contributed by atoms with van der Waals surface area (Å²) in [5, 5.41) is 5.31. The number of imidazole rings is 1. The normalized spacial score (nSPS) is 11.0. The SMILES string of the molecule is Cc1cn2cc(C(=O)Nc3nc(-c4ccccc4)cs3)nc2s1. The van der Waals surface area contributed by atoms with E-state index >= 15 is 0 Å². The molecule has 3 aromatic heterocycles. The number of fused-ring (bicyclic) bond motifs is 1. The molecule has 5 nitrogen and oxygen atoms in total. The third-order valence-corrected chi connectivity index (χ3v) is 4.97. The molecule has 1 N–H and O–H groups in total. The fourth-order valence-corrected chi connectivity index (χ4v) is 3.78. The highest BCUT2D eigenvalue weighted by atomic mass is 32.1. The third kappa shape index (κ3) is 2.76. The highest BCUT2D eigenvalue weighted by molar-refractivity contribution is 7.17. The summed E-state index contributed by atoms with van der Waals surface area (Å²) in [5.74, 6) is -0.243. The van der Waals surface area contributed by atoms with Gasteiger partial charge in [0.15, 0.2) is 10.1 Å². The summed E-state index contributed by atoms with van der Waals surface area (Å²) in [7, 11) is 0. The Balaban J connectivity index is 1.54. The highest BCUT2D eigenvalue weighted by Gasteiger charge is 2.14. The van der Waals surface area contributed by atoms with Crippen molar-refractivity contribution >= 4 is 38.7 Å². The first kappa shape index (κ1) is 14.1. The first-order valence-corrected chi connectivity index (χ1v) is 8.66. The van der Waals surface area contributed by atoms with Gasteiger partial charge in [0.1, 0.15) is 5.69 Å². The van der Waals surface area contributed by atoms with Gasteiger partial charge in [0.05, 0.1) is 5.69 Å². The van der Waals surface area contributed by atoms with E-state index in [1.807, 2.05) is 53.2 Å². The molecule has 0 fully saturated rings. The molecule has 1 amide bonds. The minimum Gasteiger partial charge on any atom is -0.297 e. The molecule has 0 unspecified atom stereocenters. The number of rotatable bonds is 3. The summed E-state index contributed by atoms with van der Waals surface area (Å²) in [5.41, 5.74) is 2.28. The number of nitrogens with zero attached hydrogens (tertiary/aromatic N) is 3. The molecule has 0 aliphatic heterocycles. The molecule has 0 atom stereocenters.